The smallest absolute Gasteiger partial charge is 0.328 e. The molecule has 2 aliphatic rings. The summed E-state index contributed by atoms with van der Waals surface area (Å²) in [6.07, 6.45) is 10.3. The van der Waals surface area contributed by atoms with E-state index in [1.54, 1.807) is 6.08 Å². The first-order valence-electron chi connectivity index (χ1n) is 5.80. The number of ketones is 1. The van der Waals surface area contributed by atoms with Crippen molar-refractivity contribution in [3.63, 3.8) is 0 Å². The maximum Gasteiger partial charge on any atom is 0.328 e. The molecule has 1 N–H and O–H groups in total. The molecule has 19 heavy (non-hydrogen) atoms. The maximum atomic E-state index is 12.2. The van der Waals surface area contributed by atoms with Gasteiger partial charge in [0.25, 0.3) is 0 Å². The van der Waals surface area contributed by atoms with Crippen LogP contribution >= 0.6 is 11.3 Å². The number of hydrogen-bond acceptors (Lipinski definition) is 3. The molecule has 0 amide bonds. The van der Waals surface area contributed by atoms with E-state index < -0.39 is 5.97 Å². The Labute approximate surface area is 113 Å². The zero-order chi connectivity index (χ0) is 13.4. The van der Waals surface area contributed by atoms with Gasteiger partial charge < -0.3 is 5.11 Å². The molecule has 3 nitrogen and oxygen atoms in total. The molecule has 2 aliphatic carbocycles. The van der Waals surface area contributed by atoms with E-state index in [0.29, 0.717) is 10.5 Å². The fourth-order valence-electron chi connectivity index (χ4n) is 2.39. The average molecular weight is 270 g/mol. The molecule has 4 heteroatoms. The Balaban J connectivity index is 2.26. The molecule has 1 unspecified atom stereocenters. The van der Waals surface area contributed by atoms with Crippen molar-refractivity contribution in [2.75, 3.05) is 0 Å². The lowest BCUT2D eigenvalue weighted by Gasteiger charge is -2.18. The van der Waals surface area contributed by atoms with E-state index in [1.165, 1.54) is 17.4 Å². The van der Waals surface area contributed by atoms with Gasteiger partial charge in [-0.2, -0.15) is 0 Å². The summed E-state index contributed by atoms with van der Waals surface area (Å²) >= 11 is 1.35. The minimum Gasteiger partial charge on any atom is -0.478 e. The standard InChI is InChI=1S/C15H10O3S/c16-13-7-9-3-1-2-4-10(9)12(8-14(17)18)11-5-6-19-15(11)13/h1-8,10H,(H,17,18). The van der Waals surface area contributed by atoms with Gasteiger partial charge in [0.1, 0.15) is 0 Å². The minimum atomic E-state index is -0.996. The number of carbonyl (C=O) groups excluding carboxylic acids is 1. The number of fused-ring (bicyclic) bond motifs is 2. The first-order valence-corrected chi connectivity index (χ1v) is 6.68. The Morgan fingerprint density at radius 2 is 2.21 bits per heavy atom. The molecule has 0 saturated carbocycles. The fraction of sp³-hybridized carbons (Fsp3) is 0.0667. The van der Waals surface area contributed by atoms with E-state index in [0.717, 1.165) is 11.1 Å². The van der Waals surface area contributed by atoms with Gasteiger partial charge in [0.2, 0.25) is 0 Å². The second-order valence-corrected chi connectivity index (χ2v) is 5.25. The molecule has 0 radical (unpaired) electrons. The lowest BCUT2D eigenvalue weighted by Crippen LogP contribution is -2.06. The van der Waals surface area contributed by atoms with Crippen LogP contribution in [-0.4, -0.2) is 16.9 Å². The lowest BCUT2D eigenvalue weighted by molar-refractivity contribution is -0.131. The van der Waals surface area contributed by atoms with Crippen molar-refractivity contribution in [1.82, 2.24) is 0 Å². The van der Waals surface area contributed by atoms with E-state index in [9.17, 15) is 9.59 Å². The Morgan fingerprint density at radius 3 is 3.00 bits per heavy atom. The lowest BCUT2D eigenvalue weighted by atomic mass is 9.85. The number of aliphatic carboxylic acids is 1. The molecule has 0 fully saturated rings. The molecular formula is C15H10O3S. The monoisotopic (exact) mass is 270 g/mol. The quantitative estimate of drug-likeness (QED) is 0.798. The largest absolute Gasteiger partial charge is 0.478 e. The second kappa shape index (κ2) is 4.48. The van der Waals surface area contributed by atoms with Crippen LogP contribution in [0.5, 0.6) is 0 Å². The van der Waals surface area contributed by atoms with E-state index in [4.69, 9.17) is 5.11 Å². The van der Waals surface area contributed by atoms with Crippen molar-refractivity contribution >= 4 is 28.7 Å². The summed E-state index contributed by atoms with van der Waals surface area (Å²) in [7, 11) is 0. The average Bonchev–Trinajstić information content (AvgIpc) is 2.82. The fourth-order valence-corrected chi connectivity index (χ4v) is 3.22. The summed E-state index contributed by atoms with van der Waals surface area (Å²) in [6, 6.07) is 1.82. The summed E-state index contributed by atoms with van der Waals surface area (Å²) in [4.78, 5) is 23.8. The SMILES string of the molecule is O=C(O)C=C1c2ccsc2C(=O)C=C2C=CC=CC21. The number of thiophene rings is 1. The van der Waals surface area contributed by atoms with Crippen molar-refractivity contribution < 1.29 is 14.7 Å². The predicted molar refractivity (Wildman–Crippen MR) is 74.1 cm³/mol. The van der Waals surface area contributed by atoms with Gasteiger partial charge in [0.15, 0.2) is 5.78 Å². The summed E-state index contributed by atoms with van der Waals surface area (Å²) in [5, 5.41) is 10.9. The molecule has 0 bridgehead atoms. The third kappa shape index (κ3) is 2.00. The summed E-state index contributed by atoms with van der Waals surface area (Å²) in [5.41, 5.74) is 2.23. The second-order valence-electron chi connectivity index (χ2n) is 4.33. The number of carboxylic acid groups (broad SMARTS) is 1. The molecule has 1 heterocycles. The highest BCUT2D eigenvalue weighted by molar-refractivity contribution is 7.12. The molecular weight excluding hydrogens is 260 g/mol. The highest BCUT2D eigenvalue weighted by atomic mass is 32.1. The van der Waals surface area contributed by atoms with Gasteiger partial charge in [-0.15, -0.1) is 11.3 Å². The molecule has 0 saturated heterocycles. The van der Waals surface area contributed by atoms with Crippen LogP contribution in [0.25, 0.3) is 5.57 Å². The van der Waals surface area contributed by atoms with E-state index >= 15 is 0 Å². The molecule has 1 aromatic heterocycles. The number of carboxylic acids is 1. The van der Waals surface area contributed by atoms with Crippen LogP contribution in [0.4, 0.5) is 0 Å². The highest BCUT2D eigenvalue weighted by Crippen LogP contribution is 2.39. The number of rotatable bonds is 1. The first-order chi connectivity index (χ1) is 9.16. The number of carbonyl (C=O) groups is 2. The van der Waals surface area contributed by atoms with Gasteiger partial charge in [-0.1, -0.05) is 24.3 Å². The van der Waals surface area contributed by atoms with Crippen molar-refractivity contribution in [1.29, 1.82) is 0 Å². The normalized spacial score (nSPS) is 22.7. The van der Waals surface area contributed by atoms with Crippen molar-refractivity contribution in [3.05, 3.63) is 63.9 Å². The van der Waals surface area contributed by atoms with Gasteiger partial charge in [-0.05, 0) is 28.7 Å². The zero-order valence-corrected chi connectivity index (χ0v) is 10.7. The molecule has 3 rings (SSSR count). The third-order valence-corrected chi connectivity index (χ3v) is 4.10. The third-order valence-electron chi connectivity index (χ3n) is 3.17. The molecule has 94 valence electrons. The van der Waals surface area contributed by atoms with Gasteiger partial charge in [0.05, 0.1) is 4.88 Å². The summed E-state index contributed by atoms with van der Waals surface area (Å²) in [6.45, 7) is 0. The van der Waals surface area contributed by atoms with Crippen molar-refractivity contribution in [2.45, 2.75) is 0 Å². The van der Waals surface area contributed by atoms with Gasteiger partial charge in [0, 0.05) is 17.6 Å². The highest BCUT2D eigenvalue weighted by Gasteiger charge is 2.27. The predicted octanol–water partition coefficient (Wildman–Crippen LogP) is 3.08. The van der Waals surface area contributed by atoms with E-state index in [-0.39, 0.29) is 11.7 Å². The minimum absolute atomic E-state index is 0.0567. The molecule has 1 aromatic rings. The molecule has 0 spiro atoms. The van der Waals surface area contributed by atoms with Crippen molar-refractivity contribution in [2.24, 2.45) is 5.92 Å². The zero-order valence-electron chi connectivity index (χ0n) is 9.87. The summed E-state index contributed by atoms with van der Waals surface area (Å²) in [5.74, 6) is -1.22. The van der Waals surface area contributed by atoms with E-state index in [2.05, 4.69) is 0 Å². The summed E-state index contributed by atoms with van der Waals surface area (Å²) < 4.78 is 0. The van der Waals surface area contributed by atoms with Crippen LogP contribution in [-0.2, 0) is 4.79 Å². The van der Waals surface area contributed by atoms with Gasteiger partial charge in [-0.25, -0.2) is 4.79 Å². The molecule has 0 aliphatic heterocycles. The van der Waals surface area contributed by atoms with Gasteiger partial charge in [-0.3, -0.25) is 4.79 Å². The van der Waals surface area contributed by atoms with Crippen LogP contribution in [0.3, 0.4) is 0 Å². The van der Waals surface area contributed by atoms with E-state index in [1.807, 2.05) is 35.8 Å². The first kappa shape index (κ1) is 11.9. The Kier molecular flexibility index (Phi) is 2.80. The number of allylic oxidation sites excluding steroid dienone is 7. The van der Waals surface area contributed by atoms with Crippen LogP contribution < -0.4 is 0 Å². The Hall–Kier alpha value is -2.20. The Morgan fingerprint density at radius 1 is 1.37 bits per heavy atom. The van der Waals surface area contributed by atoms with Crippen LogP contribution in [0.1, 0.15) is 15.2 Å². The van der Waals surface area contributed by atoms with Gasteiger partial charge >= 0.3 is 5.97 Å². The topological polar surface area (TPSA) is 54.4 Å². The van der Waals surface area contributed by atoms with Crippen LogP contribution in [0.2, 0.25) is 0 Å². The maximum absolute atomic E-state index is 12.2. The van der Waals surface area contributed by atoms with Crippen LogP contribution in [0.15, 0.2) is 53.5 Å². The molecule has 1 atom stereocenters. The van der Waals surface area contributed by atoms with Crippen molar-refractivity contribution in [3.8, 4) is 0 Å². The molecule has 0 aromatic carbocycles. The Bertz CT molecular complexity index is 686. The number of hydrogen-bond donors (Lipinski definition) is 1. The van der Waals surface area contributed by atoms with Crippen LogP contribution in [0, 0.1) is 5.92 Å².